The summed E-state index contributed by atoms with van der Waals surface area (Å²) in [6.07, 6.45) is 2.15. The Bertz CT molecular complexity index is 882. The predicted octanol–water partition coefficient (Wildman–Crippen LogP) is 5.68. The van der Waals surface area contributed by atoms with Crippen LogP contribution >= 0.6 is 27.5 Å². The van der Waals surface area contributed by atoms with Gasteiger partial charge in [-0.15, -0.1) is 0 Å². The molecule has 142 valence electrons. The summed E-state index contributed by atoms with van der Waals surface area (Å²) in [5.74, 6) is 0.447. The van der Waals surface area contributed by atoms with Crippen molar-refractivity contribution in [3.05, 3.63) is 57.0 Å². The number of benzene rings is 2. The molecule has 2 aromatic rings. The van der Waals surface area contributed by atoms with Crippen LogP contribution in [-0.4, -0.2) is 18.4 Å². The summed E-state index contributed by atoms with van der Waals surface area (Å²) in [4.78, 5) is 26.8. The molecule has 0 unspecified atom stereocenters. The van der Waals surface area contributed by atoms with Crippen molar-refractivity contribution in [2.75, 3.05) is 16.8 Å². The van der Waals surface area contributed by atoms with Gasteiger partial charge < -0.3 is 10.2 Å². The molecule has 0 fully saturated rings. The minimum atomic E-state index is -0.259. The Morgan fingerprint density at radius 2 is 2.00 bits per heavy atom. The lowest BCUT2D eigenvalue weighted by Crippen LogP contribution is -2.36. The molecule has 0 saturated heterocycles. The number of hydrogen-bond acceptors (Lipinski definition) is 2. The van der Waals surface area contributed by atoms with Gasteiger partial charge in [0.05, 0.1) is 10.6 Å². The average molecular weight is 450 g/mol. The molecule has 0 aromatic heterocycles. The van der Waals surface area contributed by atoms with Crippen LogP contribution in [0.2, 0.25) is 5.02 Å². The average Bonchev–Trinajstić information content (AvgIpc) is 2.62. The van der Waals surface area contributed by atoms with Crippen molar-refractivity contribution < 1.29 is 9.59 Å². The molecule has 1 heterocycles. The number of anilines is 2. The molecule has 6 heteroatoms. The van der Waals surface area contributed by atoms with Gasteiger partial charge in [-0.3, -0.25) is 9.59 Å². The molecule has 2 amide bonds. The Morgan fingerprint density at radius 1 is 1.22 bits per heavy atom. The second-order valence-corrected chi connectivity index (χ2v) is 8.47. The van der Waals surface area contributed by atoms with Crippen LogP contribution in [0.15, 0.2) is 40.9 Å². The quantitative estimate of drug-likeness (QED) is 0.638. The predicted molar refractivity (Wildman–Crippen MR) is 114 cm³/mol. The van der Waals surface area contributed by atoms with Crippen LogP contribution in [0, 0.1) is 5.92 Å². The third kappa shape index (κ3) is 4.71. The number of aryl methyl sites for hydroxylation is 1. The van der Waals surface area contributed by atoms with Crippen LogP contribution in [0.5, 0.6) is 0 Å². The molecule has 27 heavy (non-hydrogen) atoms. The van der Waals surface area contributed by atoms with Gasteiger partial charge in [0, 0.05) is 28.8 Å². The number of carbonyl (C=O) groups is 2. The van der Waals surface area contributed by atoms with Crippen molar-refractivity contribution in [1.29, 1.82) is 0 Å². The summed E-state index contributed by atoms with van der Waals surface area (Å²) in [7, 11) is 0. The summed E-state index contributed by atoms with van der Waals surface area (Å²) in [6, 6.07) is 10.9. The molecular weight excluding hydrogens is 428 g/mol. The van der Waals surface area contributed by atoms with Crippen LogP contribution in [-0.2, 0) is 11.2 Å². The molecule has 0 atom stereocenters. The van der Waals surface area contributed by atoms with E-state index in [0.717, 1.165) is 28.7 Å². The Hall–Kier alpha value is -1.85. The van der Waals surface area contributed by atoms with Gasteiger partial charge in [-0.1, -0.05) is 41.4 Å². The van der Waals surface area contributed by atoms with E-state index in [1.807, 2.05) is 23.1 Å². The van der Waals surface area contributed by atoms with E-state index in [9.17, 15) is 9.59 Å². The number of fused-ring (bicyclic) bond motifs is 1. The van der Waals surface area contributed by atoms with Crippen LogP contribution in [0.3, 0.4) is 0 Å². The zero-order valence-corrected chi connectivity index (χ0v) is 17.7. The Morgan fingerprint density at radius 3 is 2.74 bits per heavy atom. The number of rotatable bonds is 5. The fourth-order valence-corrected chi connectivity index (χ4v) is 3.70. The third-order valence-electron chi connectivity index (χ3n) is 4.64. The highest BCUT2D eigenvalue weighted by atomic mass is 79.9. The number of amides is 2. The molecule has 1 N–H and O–H groups in total. The lowest BCUT2D eigenvalue weighted by Gasteiger charge is -2.30. The largest absolute Gasteiger partial charge is 0.322 e. The van der Waals surface area contributed by atoms with E-state index in [1.165, 1.54) is 0 Å². The Kier molecular flexibility index (Phi) is 6.22. The first-order valence-electron chi connectivity index (χ1n) is 9.05. The molecule has 0 aliphatic carbocycles. The van der Waals surface area contributed by atoms with Gasteiger partial charge in [-0.05, 0) is 60.7 Å². The zero-order chi connectivity index (χ0) is 19.6. The maximum atomic E-state index is 12.6. The third-order valence-corrected chi connectivity index (χ3v) is 5.46. The molecular formula is C21H22BrClN2O2. The van der Waals surface area contributed by atoms with Gasteiger partial charge in [0.1, 0.15) is 0 Å². The van der Waals surface area contributed by atoms with E-state index in [1.54, 1.807) is 18.2 Å². The first-order chi connectivity index (χ1) is 12.8. The van der Waals surface area contributed by atoms with Crippen molar-refractivity contribution in [3.8, 4) is 0 Å². The van der Waals surface area contributed by atoms with Crippen LogP contribution in [0.1, 0.15) is 42.6 Å². The lowest BCUT2D eigenvalue weighted by molar-refractivity contribution is -0.118. The molecule has 1 aliphatic rings. The zero-order valence-electron chi connectivity index (χ0n) is 15.4. The number of halogens is 2. The minimum absolute atomic E-state index is 0.167. The van der Waals surface area contributed by atoms with Crippen molar-refractivity contribution >= 4 is 50.7 Å². The highest BCUT2D eigenvalue weighted by Crippen LogP contribution is 2.31. The smallest absolute Gasteiger partial charge is 0.257 e. The Labute approximate surface area is 173 Å². The van der Waals surface area contributed by atoms with Crippen molar-refractivity contribution in [3.63, 3.8) is 0 Å². The number of nitrogens with zero attached hydrogens (tertiary/aromatic N) is 1. The first-order valence-corrected chi connectivity index (χ1v) is 10.2. The summed E-state index contributed by atoms with van der Waals surface area (Å²) in [5, 5.41) is 3.31. The monoisotopic (exact) mass is 448 g/mol. The minimum Gasteiger partial charge on any atom is -0.322 e. The molecule has 0 saturated carbocycles. The highest BCUT2D eigenvalue weighted by Gasteiger charge is 2.24. The van der Waals surface area contributed by atoms with Gasteiger partial charge >= 0.3 is 0 Å². The SMILES string of the molecule is CC(C)CCN1C(=O)CCc2cc(NC(=O)c3cc(Br)ccc3Cl)ccc21. The molecule has 3 rings (SSSR count). The van der Waals surface area contributed by atoms with Crippen molar-refractivity contribution in [2.24, 2.45) is 5.92 Å². The second-order valence-electron chi connectivity index (χ2n) is 7.15. The van der Waals surface area contributed by atoms with Gasteiger partial charge in [0.2, 0.25) is 5.91 Å². The van der Waals surface area contributed by atoms with Crippen LogP contribution in [0.4, 0.5) is 11.4 Å². The summed E-state index contributed by atoms with van der Waals surface area (Å²) in [6.45, 7) is 5.03. The van der Waals surface area contributed by atoms with E-state index in [2.05, 4.69) is 35.1 Å². The van der Waals surface area contributed by atoms with E-state index in [0.29, 0.717) is 35.0 Å². The maximum Gasteiger partial charge on any atom is 0.257 e. The highest BCUT2D eigenvalue weighted by molar-refractivity contribution is 9.10. The summed E-state index contributed by atoms with van der Waals surface area (Å²) < 4.78 is 0.793. The second kappa shape index (κ2) is 8.44. The van der Waals surface area contributed by atoms with E-state index in [4.69, 9.17) is 11.6 Å². The van der Waals surface area contributed by atoms with Gasteiger partial charge in [-0.2, -0.15) is 0 Å². The van der Waals surface area contributed by atoms with Crippen LogP contribution < -0.4 is 10.2 Å². The fraction of sp³-hybridized carbons (Fsp3) is 0.333. The van der Waals surface area contributed by atoms with E-state index >= 15 is 0 Å². The van der Waals surface area contributed by atoms with Crippen molar-refractivity contribution in [2.45, 2.75) is 33.1 Å². The standard InChI is InChI=1S/C21H22BrClN2O2/c1-13(2)9-10-25-19-7-5-16(11-14(19)3-8-20(25)26)24-21(27)17-12-15(22)4-6-18(17)23/h4-7,11-13H,3,8-10H2,1-2H3,(H,24,27). The van der Waals surface area contributed by atoms with E-state index < -0.39 is 0 Å². The lowest BCUT2D eigenvalue weighted by atomic mass is 9.99. The van der Waals surface area contributed by atoms with Gasteiger partial charge in [0.15, 0.2) is 0 Å². The Balaban J connectivity index is 1.80. The summed E-state index contributed by atoms with van der Waals surface area (Å²) in [5.41, 5.74) is 3.15. The molecule has 0 spiro atoms. The molecule has 2 aromatic carbocycles. The summed E-state index contributed by atoms with van der Waals surface area (Å²) >= 11 is 9.50. The first kappa shape index (κ1) is 19.9. The topological polar surface area (TPSA) is 49.4 Å². The fourth-order valence-electron chi connectivity index (χ4n) is 3.14. The number of carbonyl (C=O) groups excluding carboxylic acids is 2. The molecule has 1 aliphatic heterocycles. The number of nitrogens with one attached hydrogen (secondary N) is 1. The van der Waals surface area contributed by atoms with Gasteiger partial charge in [0.25, 0.3) is 5.91 Å². The molecule has 4 nitrogen and oxygen atoms in total. The van der Waals surface area contributed by atoms with Crippen molar-refractivity contribution in [1.82, 2.24) is 0 Å². The molecule has 0 bridgehead atoms. The number of hydrogen-bond donors (Lipinski definition) is 1. The van der Waals surface area contributed by atoms with Crippen LogP contribution in [0.25, 0.3) is 0 Å². The van der Waals surface area contributed by atoms with E-state index in [-0.39, 0.29) is 11.8 Å². The normalized spacial score (nSPS) is 13.7. The molecule has 0 radical (unpaired) electrons. The maximum absolute atomic E-state index is 12.6. The van der Waals surface area contributed by atoms with Gasteiger partial charge in [-0.25, -0.2) is 0 Å².